The molecule has 0 aliphatic carbocycles. The number of hydrogen-bond acceptors (Lipinski definition) is 2. The molecule has 0 radical (unpaired) electrons. The second kappa shape index (κ2) is 5.50. The van der Waals surface area contributed by atoms with Gasteiger partial charge < -0.3 is 10.5 Å². The zero-order valence-electron chi connectivity index (χ0n) is 9.86. The quantitative estimate of drug-likeness (QED) is 0.912. The highest BCUT2D eigenvalue weighted by Crippen LogP contribution is 2.31. The molecule has 0 aliphatic rings. The van der Waals surface area contributed by atoms with Crippen molar-refractivity contribution < 1.29 is 9.13 Å². The van der Waals surface area contributed by atoms with Gasteiger partial charge in [-0.3, -0.25) is 0 Å². The van der Waals surface area contributed by atoms with Gasteiger partial charge in [0, 0.05) is 22.1 Å². The largest absolute Gasteiger partial charge is 0.457 e. The Morgan fingerprint density at radius 3 is 2.67 bits per heavy atom. The number of hydrogen-bond donors (Lipinski definition) is 1. The second-order valence-corrected chi connectivity index (χ2v) is 4.95. The highest BCUT2D eigenvalue weighted by atomic mass is 79.9. The zero-order valence-corrected chi connectivity index (χ0v) is 11.4. The molecule has 2 nitrogen and oxygen atoms in total. The van der Waals surface area contributed by atoms with Gasteiger partial charge in [0.1, 0.15) is 17.3 Å². The summed E-state index contributed by atoms with van der Waals surface area (Å²) in [6, 6.07) is 11.4. The average Bonchev–Trinajstić information content (AvgIpc) is 2.31. The summed E-state index contributed by atoms with van der Waals surface area (Å²) in [6.07, 6.45) is 0. The Hall–Kier alpha value is -1.39. The fourth-order valence-electron chi connectivity index (χ4n) is 1.63. The molecular formula is C14H13BrFNO. The SMILES string of the molecule is CC(N)c1cc(Br)ccc1Oc1cccc(F)c1. The minimum absolute atomic E-state index is 0.161. The molecule has 2 aromatic carbocycles. The fraction of sp³-hybridized carbons (Fsp3) is 0.143. The molecule has 1 atom stereocenters. The van der Waals surface area contributed by atoms with Gasteiger partial charge in [0.15, 0.2) is 0 Å². The van der Waals surface area contributed by atoms with Gasteiger partial charge in [0.25, 0.3) is 0 Å². The number of benzene rings is 2. The molecule has 2 N–H and O–H groups in total. The van der Waals surface area contributed by atoms with Gasteiger partial charge in [-0.15, -0.1) is 0 Å². The van der Waals surface area contributed by atoms with Gasteiger partial charge in [-0.25, -0.2) is 4.39 Å². The van der Waals surface area contributed by atoms with E-state index in [1.165, 1.54) is 12.1 Å². The van der Waals surface area contributed by atoms with Crippen molar-refractivity contribution in [2.24, 2.45) is 5.73 Å². The second-order valence-electron chi connectivity index (χ2n) is 4.03. The summed E-state index contributed by atoms with van der Waals surface area (Å²) < 4.78 is 19.7. The molecule has 0 aliphatic heterocycles. The van der Waals surface area contributed by atoms with Crippen molar-refractivity contribution in [1.29, 1.82) is 0 Å². The van der Waals surface area contributed by atoms with E-state index in [1.807, 2.05) is 25.1 Å². The van der Waals surface area contributed by atoms with Crippen molar-refractivity contribution in [3.8, 4) is 11.5 Å². The summed E-state index contributed by atoms with van der Waals surface area (Å²) in [4.78, 5) is 0. The molecule has 0 saturated carbocycles. The minimum Gasteiger partial charge on any atom is -0.457 e. The smallest absolute Gasteiger partial charge is 0.132 e. The van der Waals surface area contributed by atoms with Crippen LogP contribution in [0.5, 0.6) is 11.5 Å². The highest BCUT2D eigenvalue weighted by molar-refractivity contribution is 9.10. The monoisotopic (exact) mass is 309 g/mol. The lowest BCUT2D eigenvalue weighted by molar-refractivity contribution is 0.467. The van der Waals surface area contributed by atoms with Crippen LogP contribution in [0.25, 0.3) is 0 Å². The van der Waals surface area contributed by atoms with Gasteiger partial charge in [-0.1, -0.05) is 22.0 Å². The maximum absolute atomic E-state index is 13.1. The van der Waals surface area contributed by atoms with Crippen molar-refractivity contribution in [1.82, 2.24) is 0 Å². The maximum atomic E-state index is 13.1. The van der Waals surface area contributed by atoms with Gasteiger partial charge in [0.05, 0.1) is 0 Å². The van der Waals surface area contributed by atoms with Crippen LogP contribution in [0.15, 0.2) is 46.9 Å². The van der Waals surface area contributed by atoms with E-state index in [1.54, 1.807) is 12.1 Å². The molecule has 4 heteroatoms. The van der Waals surface area contributed by atoms with Crippen molar-refractivity contribution in [2.45, 2.75) is 13.0 Å². The Morgan fingerprint density at radius 2 is 2.00 bits per heavy atom. The highest BCUT2D eigenvalue weighted by Gasteiger charge is 2.10. The van der Waals surface area contributed by atoms with Gasteiger partial charge >= 0.3 is 0 Å². The average molecular weight is 310 g/mol. The molecule has 0 bridgehead atoms. The summed E-state index contributed by atoms with van der Waals surface area (Å²) in [5.74, 6) is 0.769. The normalized spacial score (nSPS) is 12.2. The first-order valence-electron chi connectivity index (χ1n) is 5.54. The van der Waals surface area contributed by atoms with Crippen LogP contribution in [0.4, 0.5) is 4.39 Å². The Bertz CT molecular complexity index is 557. The fourth-order valence-corrected chi connectivity index (χ4v) is 2.00. The van der Waals surface area contributed by atoms with Crippen LogP contribution in [-0.4, -0.2) is 0 Å². The molecule has 0 heterocycles. The molecule has 94 valence electrons. The zero-order chi connectivity index (χ0) is 13.1. The van der Waals surface area contributed by atoms with Crippen molar-refractivity contribution in [2.75, 3.05) is 0 Å². The van der Waals surface area contributed by atoms with Gasteiger partial charge in [0.2, 0.25) is 0 Å². The lowest BCUT2D eigenvalue weighted by atomic mass is 10.1. The topological polar surface area (TPSA) is 35.2 Å². The molecular weight excluding hydrogens is 297 g/mol. The summed E-state index contributed by atoms with van der Waals surface area (Å²) in [6.45, 7) is 1.88. The number of halogens is 2. The van der Waals surface area contributed by atoms with Crippen LogP contribution in [0.3, 0.4) is 0 Å². The van der Waals surface area contributed by atoms with Crippen molar-refractivity contribution in [3.05, 3.63) is 58.3 Å². The molecule has 0 fully saturated rings. The predicted octanol–water partition coefficient (Wildman–Crippen LogP) is 4.40. The van der Waals surface area contributed by atoms with Crippen LogP contribution >= 0.6 is 15.9 Å². The minimum atomic E-state index is -0.327. The van der Waals surface area contributed by atoms with Crippen LogP contribution < -0.4 is 10.5 Å². The van der Waals surface area contributed by atoms with Crippen LogP contribution in [-0.2, 0) is 0 Å². The number of nitrogens with two attached hydrogens (primary N) is 1. The first kappa shape index (κ1) is 13.1. The molecule has 18 heavy (non-hydrogen) atoms. The summed E-state index contributed by atoms with van der Waals surface area (Å²) in [5, 5.41) is 0. The Balaban J connectivity index is 2.34. The Labute approximate surface area is 114 Å². The van der Waals surface area contributed by atoms with Crippen LogP contribution in [0, 0.1) is 5.82 Å². The van der Waals surface area contributed by atoms with E-state index >= 15 is 0 Å². The third kappa shape index (κ3) is 3.09. The van der Waals surface area contributed by atoms with Gasteiger partial charge in [-0.2, -0.15) is 0 Å². The molecule has 0 aromatic heterocycles. The Kier molecular flexibility index (Phi) is 3.99. The molecule has 1 unspecified atom stereocenters. The molecule has 0 saturated heterocycles. The predicted molar refractivity (Wildman–Crippen MR) is 73.2 cm³/mol. The summed E-state index contributed by atoms with van der Waals surface area (Å²) >= 11 is 3.39. The maximum Gasteiger partial charge on any atom is 0.132 e. The van der Waals surface area contributed by atoms with E-state index in [0.717, 1.165) is 10.0 Å². The summed E-state index contributed by atoms with van der Waals surface area (Å²) in [5.41, 5.74) is 6.76. The first-order valence-corrected chi connectivity index (χ1v) is 6.34. The number of ether oxygens (including phenoxy) is 1. The van der Waals surface area contributed by atoms with Crippen molar-refractivity contribution in [3.63, 3.8) is 0 Å². The number of rotatable bonds is 3. The van der Waals surface area contributed by atoms with E-state index in [2.05, 4.69) is 15.9 Å². The lowest BCUT2D eigenvalue weighted by Gasteiger charge is -2.14. The standard InChI is InChI=1S/C14H13BrFNO/c1-9(17)13-7-10(15)5-6-14(13)18-12-4-2-3-11(16)8-12/h2-9H,17H2,1H3. The lowest BCUT2D eigenvalue weighted by Crippen LogP contribution is -2.06. The van der Waals surface area contributed by atoms with Crippen LogP contribution in [0.1, 0.15) is 18.5 Å². The van der Waals surface area contributed by atoms with Gasteiger partial charge in [-0.05, 0) is 37.3 Å². The first-order chi connectivity index (χ1) is 8.56. The third-order valence-electron chi connectivity index (χ3n) is 2.49. The Morgan fingerprint density at radius 1 is 1.22 bits per heavy atom. The van der Waals surface area contributed by atoms with Crippen molar-refractivity contribution >= 4 is 15.9 Å². The van der Waals surface area contributed by atoms with E-state index in [0.29, 0.717) is 11.5 Å². The third-order valence-corrected chi connectivity index (χ3v) is 2.98. The van der Waals surface area contributed by atoms with E-state index < -0.39 is 0 Å². The van der Waals surface area contributed by atoms with E-state index in [9.17, 15) is 4.39 Å². The molecule has 2 rings (SSSR count). The molecule has 2 aromatic rings. The van der Waals surface area contributed by atoms with E-state index in [-0.39, 0.29) is 11.9 Å². The molecule has 0 spiro atoms. The summed E-state index contributed by atoms with van der Waals surface area (Å²) in [7, 11) is 0. The van der Waals surface area contributed by atoms with E-state index in [4.69, 9.17) is 10.5 Å². The van der Waals surface area contributed by atoms with Crippen LogP contribution in [0.2, 0.25) is 0 Å². The molecule has 0 amide bonds.